The molecule has 14 nitrogen and oxygen atoms in total. The van der Waals surface area contributed by atoms with Gasteiger partial charge in [0.15, 0.2) is 0 Å². The largest absolute Gasteiger partial charge is 0.487 e. The lowest BCUT2D eigenvalue weighted by molar-refractivity contribution is 0.00502. The molecule has 3 aromatic heterocycles. The zero-order valence-electron chi connectivity index (χ0n) is 27.9. The number of morpholine rings is 1. The number of methoxy groups -OCH3 is 1. The van der Waals surface area contributed by atoms with E-state index in [1.165, 1.54) is 6.33 Å². The summed E-state index contributed by atoms with van der Waals surface area (Å²) in [5.41, 5.74) is 2.79. The maximum Gasteiger partial charge on any atom is 0.256 e. The average molecular weight is 657 g/mol. The molecule has 1 saturated carbocycles. The Bertz CT molecular complexity index is 1620. The van der Waals surface area contributed by atoms with Crippen LogP contribution < -0.4 is 14.8 Å². The molecule has 2 fully saturated rings. The molecule has 1 saturated heterocycles. The van der Waals surface area contributed by atoms with Crippen molar-refractivity contribution in [3.63, 3.8) is 0 Å². The Hall–Kier alpha value is -4.58. The summed E-state index contributed by atoms with van der Waals surface area (Å²) in [6, 6.07) is 8.57. The molecule has 48 heavy (non-hydrogen) atoms. The highest BCUT2D eigenvalue weighted by atomic mass is 16.5. The van der Waals surface area contributed by atoms with Gasteiger partial charge in [-0.1, -0.05) is 6.07 Å². The van der Waals surface area contributed by atoms with E-state index in [0.717, 1.165) is 75.2 Å². The van der Waals surface area contributed by atoms with Crippen LogP contribution in [-0.4, -0.2) is 97.7 Å². The van der Waals surface area contributed by atoms with Gasteiger partial charge in [-0.2, -0.15) is 10.4 Å². The molecule has 1 aliphatic heterocycles. The minimum absolute atomic E-state index is 0.0832. The van der Waals surface area contributed by atoms with Crippen LogP contribution in [0, 0.1) is 11.3 Å². The lowest BCUT2D eigenvalue weighted by Gasteiger charge is -2.38. The second-order valence-corrected chi connectivity index (χ2v) is 12.4. The standard InChI is InChI=1S/C34H44N10O4/c1-24(45-3)10-13-47-33-31(21-44(41-33)30-8-6-29(7-9-30)42-11-14-46-15-12-42)40-34-37-18-28(19-38-34)26-4-5-27(17-35)32(16-26)48-25(2)20-43-23-36-22-39-43/h4-5,16,18-19,21-25,29-30H,6-15,20H2,1-3H3,(H,37,38,40)/t24?,25-,29-,30-/m0/s1. The lowest BCUT2D eigenvalue weighted by Crippen LogP contribution is -2.45. The second-order valence-electron chi connectivity index (χ2n) is 12.4. The summed E-state index contributed by atoms with van der Waals surface area (Å²) >= 11 is 0. The SMILES string of the molecule is COC(C)CCOc1nn([C@H]2CC[C@H](N3CCOCC3)CC2)cc1Nc1ncc(-c2ccc(C#N)c(O[C@@H](C)Cn3cncn3)c2)cn1. The van der Waals surface area contributed by atoms with Crippen LogP contribution in [0.3, 0.4) is 0 Å². The van der Waals surface area contributed by atoms with Gasteiger partial charge in [-0.05, 0) is 57.2 Å². The number of nitriles is 1. The summed E-state index contributed by atoms with van der Waals surface area (Å²) in [5, 5.41) is 22.0. The van der Waals surface area contributed by atoms with E-state index >= 15 is 0 Å². The van der Waals surface area contributed by atoms with E-state index in [0.29, 0.717) is 48.4 Å². The van der Waals surface area contributed by atoms with Gasteiger partial charge in [0.25, 0.3) is 5.88 Å². The number of nitrogens with one attached hydrogen (secondary N) is 1. The van der Waals surface area contributed by atoms with Crippen molar-refractivity contribution in [2.45, 2.75) is 76.8 Å². The predicted molar refractivity (Wildman–Crippen MR) is 178 cm³/mol. The number of hydrogen-bond acceptors (Lipinski definition) is 12. The molecule has 4 aromatic rings. The first-order chi connectivity index (χ1) is 23.5. The van der Waals surface area contributed by atoms with E-state index in [2.05, 4.69) is 36.3 Å². The third-order valence-electron chi connectivity index (χ3n) is 9.04. The summed E-state index contributed by atoms with van der Waals surface area (Å²) < 4.78 is 27.0. The van der Waals surface area contributed by atoms with Gasteiger partial charge in [-0.15, -0.1) is 5.10 Å². The fourth-order valence-electron chi connectivity index (χ4n) is 6.22. The summed E-state index contributed by atoms with van der Waals surface area (Å²) in [6.45, 7) is 8.62. The van der Waals surface area contributed by atoms with E-state index in [9.17, 15) is 5.26 Å². The Balaban J connectivity index is 1.14. The van der Waals surface area contributed by atoms with Gasteiger partial charge in [-0.25, -0.2) is 19.6 Å². The highest BCUT2D eigenvalue weighted by Gasteiger charge is 2.29. The number of ether oxygens (including phenoxy) is 4. The highest BCUT2D eigenvalue weighted by Crippen LogP contribution is 2.35. The number of hydrogen-bond donors (Lipinski definition) is 1. The van der Waals surface area contributed by atoms with Crippen LogP contribution in [0.5, 0.6) is 11.6 Å². The summed E-state index contributed by atoms with van der Waals surface area (Å²) in [7, 11) is 1.70. The van der Waals surface area contributed by atoms with Crippen LogP contribution in [0.1, 0.15) is 57.6 Å². The third kappa shape index (κ3) is 8.46. The van der Waals surface area contributed by atoms with E-state index in [1.54, 1.807) is 36.6 Å². The van der Waals surface area contributed by atoms with Crippen LogP contribution in [0.15, 0.2) is 49.4 Å². The Labute approximate surface area is 281 Å². The molecule has 14 heteroatoms. The fourth-order valence-corrected chi connectivity index (χ4v) is 6.22. The van der Waals surface area contributed by atoms with Crippen LogP contribution in [0.2, 0.25) is 0 Å². The highest BCUT2D eigenvalue weighted by molar-refractivity contribution is 5.67. The molecule has 1 N–H and O–H groups in total. The van der Waals surface area contributed by atoms with Gasteiger partial charge >= 0.3 is 0 Å². The average Bonchev–Trinajstić information content (AvgIpc) is 3.79. The van der Waals surface area contributed by atoms with Crippen LogP contribution in [-0.2, 0) is 16.0 Å². The lowest BCUT2D eigenvalue weighted by atomic mass is 9.90. The van der Waals surface area contributed by atoms with Gasteiger partial charge in [0.1, 0.15) is 36.3 Å². The van der Waals surface area contributed by atoms with Crippen molar-refractivity contribution >= 4 is 11.6 Å². The molecule has 254 valence electrons. The van der Waals surface area contributed by atoms with E-state index in [1.807, 2.05) is 36.9 Å². The van der Waals surface area contributed by atoms with Gasteiger partial charge in [-0.3, -0.25) is 9.58 Å². The normalized spacial score (nSPS) is 19.7. The first kappa shape index (κ1) is 33.3. The quantitative estimate of drug-likeness (QED) is 0.202. The molecule has 6 rings (SSSR count). The second kappa shape index (κ2) is 16.0. The minimum atomic E-state index is -0.230. The molecule has 0 amide bonds. The van der Waals surface area contributed by atoms with E-state index in [-0.39, 0.29) is 12.2 Å². The van der Waals surface area contributed by atoms with Gasteiger partial charge in [0.2, 0.25) is 5.95 Å². The molecular formula is C34H44N10O4. The first-order valence-electron chi connectivity index (χ1n) is 16.7. The molecule has 0 spiro atoms. The van der Waals surface area contributed by atoms with Gasteiger partial charge in [0.05, 0.1) is 50.3 Å². The number of rotatable bonds is 14. The zero-order chi connectivity index (χ0) is 33.3. The molecule has 1 aliphatic carbocycles. The Morgan fingerprint density at radius 3 is 2.52 bits per heavy atom. The molecular weight excluding hydrogens is 612 g/mol. The number of nitrogens with zero attached hydrogens (tertiary/aromatic N) is 9. The van der Waals surface area contributed by atoms with Crippen molar-refractivity contribution in [2.24, 2.45) is 0 Å². The molecule has 0 bridgehead atoms. The fraction of sp³-hybridized carbons (Fsp3) is 0.529. The smallest absolute Gasteiger partial charge is 0.256 e. The number of benzene rings is 1. The molecule has 4 heterocycles. The van der Waals surface area contributed by atoms with Gasteiger partial charge in [0, 0.05) is 50.6 Å². The maximum absolute atomic E-state index is 9.67. The Kier molecular flexibility index (Phi) is 11.1. The van der Waals surface area contributed by atoms with E-state index < -0.39 is 0 Å². The Morgan fingerprint density at radius 2 is 1.81 bits per heavy atom. The van der Waals surface area contributed by atoms with Crippen LogP contribution in [0.25, 0.3) is 11.1 Å². The summed E-state index contributed by atoms with van der Waals surface area (Å²) in [6.07, 6.45) is 13.6. The molecule has 2 aliphatic rings. The van der Waals surface area contributed by atoms with E-state index in [4.69, 9.17) is 24.0 Å². The summed E-state index contributed by atoms with van der Waals surface area (Å²) in [4.78, 5) is 15.8. The maximum atomic E-state index is 9.67. The van der Waals surface area contributed by atoms with Crippen molar-refractivity contribution in [3.05, 3.63) is 55.0 Å². The number of anilines is 2. The molecule has 1 unspecified atom stereocenters. The predicted octanol–water partition coefficient (Wildman–Crippen LogP) is 4.63. The molecule has 2 atom stereocenters. The number of aromatic nitrogens is 7. The van der Waals surface area contributed by atoms with Crippen molar-refractivity contribution in [3.8, 4) is 28.8 Å². The first-order valence-corrected chi connectivity index (χ1v) is 16.7. The van der Waals surface area contributed by atoms with Crippen molar-refractivity contribution in [1.29, 1.82) is 5.26 Å². The summed E-state index contributed by atoms with van der Waals surface area (Å²) in [5.74, 6) is 1.44. The monoisotopic (exact) mass is 656 g/mol. The zero-order valence-corrected chi connectivity index (χ0v) is 27.9. The van der Waals surface area contributed by atoms with Crippen LogP contribution >= 0.6 is 0 Å². The topological polar surface area (TPSA) is 150 Å². The van der Waals surface area contributed by atoms with Crippen molar-refractivity contribution < 1.29 is 18.9 Å². The van der Waals surface area contributed by atoms with Crippen molar-refractivity contribution in [2.75, 3.05) is 45.3 Å². The molecule has 0 radical (unpaired) electrons. The molecule has 1 aromatic carbocycles. The van der Waals surface area contributed by atoms with Gasteiger partial charge < -0.3 is 24.3 Å². The Morgan fingerprint density at radius 1 is 1.04 bits per heavy atom. The third-order valence-corrected chi connectivity index (χ3v) is 9.04. The van der Waals surface area contributed by atoms with Crippen molar-refractivity contribution in [1.82, 2.24) is 39.4 Å². The minimum Gasteiger partial charge on any atom is -0.487 e. The van der Waals surface area contributed by atoms with Crippen LogP contribution in [0.4, 0.5) is 11.6 Å².